The molecule has 1 aromatic heterocycles. The van der Waals surface area contributed by atoms with E-state index >= 15 is 0 Å². The van der Waals surface area contributed by atoms with Gasteiger partial charge >= 0.3 is 0 Å². The summed E-state index contributed by atoms with van der Waals surface area (Å²) in [4.78, 5) is 17.3. The first-order valence-corrected chi connectivity index (χ1v) is 5.49. The fourth-order valence-electron chi connectivity index (χ4n) is 1.21. The van der Waals surface area contributed by atoms with Crippen molar-refractivity contribution in [1.29, 1.82) is 0 Å². The SMILES string of the molecule is COC(C)CNc1ccc(C(=O)N(C)C)cn1. The molecular formula is C12H19N3O2. The van der Waals surface area contributed by atoms with Gasteiger partial charge in [0.15, 0.2) is 0 Å². The minimum absolute atomic E-state index is 0.0469. The molecule has 0 saturated carbocycles. The van der Waals surface area contributed by atoms with Crippen LogP contribution in [0.5, 0.6) is 0 Å². The Bertz CT molecular complexity index is 363. The van der Waals surface area contributed by atoms with Crippen LogP contribution in [0.4, 0.5) is 5.82 Å². The van der Waals surface area contributed by atoms with Crippen LogP contribution in [0.2, 0.25) is 0 Å². The largest absolute Gasteiger partial charge is 0.380 e. The average molecular weight is 237 g/mol. The summed E-state index contributed by atoms with van der Waals surface area (Å²) < 4.78 is 5.11. The molecule has 1 N–H and O–H groups in total. The van der Waals surface area contributed by atoms with E-state index in [1.807, 2.05) is 6.92 Å². The Kier molecular flexibility index (Phi) is 4.90. The van der Waals surface area contributed by atoms with Gasteiger partial charge in [-0.3, -0.25) is 4.79 Å². The van der Waals surface area contributed by atoms with Crippen molar-refractivity contribution in [3.8, 4) is 0 Å². The quantitative estimate of drug-likeness (QED) is 0.837. The first-order valence-electron chi connectivity index (χ1n) is 5.49. The zero-order valence-electron chi connectivity index (χ0n) is 10.7. The van der Waals surface area contributed by atoms with E-state index in [9.17, 15) is 4.79 Å². The molecule has 0 radical (unpaired) electrons. The van der Waals surface area contributed by atoms with Gasteiger partial charge in [0, 0.05) is 33.9 Å². The molecule has 1 heterocycles. The number of hydrogen-bond donors (Lipinski definition) is 1. The van der Waals surface area contributed by atoms with Crippen molar-refractivity contribution < 1.29 is 9.53 Å². The van der Waals surface area contributed by atoms with Crippen LogP contribution in [0.1, 0.15) is 17.3 Å². The maximum Gasteiger partial charge on any atom is 0.254 e. The van der Waals surface area contributed by atoms with Gasteiger partial charge in [0.1, 0.15) is 5.82 Å². The summed E-state index contributed by atoms with van der Waals surface area (Å²) in [5.74, 6) is 0.693. The Hall–Kier alpha value is -1.62. The number of aromatic nitrogens is 1. The number of methoxy groups -OCH3 is 1. The molecule has 0 aliphatic heterocycles. The number of rotatable bonds is 5. The highest BCUT2D eigenvalue weighted by molar-refractivity contribution is 5.93. The second-order valence-electron chi connectivity index (χ2n) is 4.06. The topological polar surface area (TPSA) is 54.5 Å². The molecule has 0 saturated heterocycles. The van der Waals surface area contributed by atoms with Gasteiger partial charge in [-0.15, -0.1) is 0 Å². The van der Waals surface area contributed by atoms with Crippen LogP contribution >= 0.6 is 0 Å². The molecule has 1 amide bonds. The van der Waals surface area contributed by atoms with Crippen LogP contribution in [0.15, 0.2) is 18.3 Å². The van der Waals surface area contributed by atoms with E-state index in [2.05, 4.69) is 10.3 Å². The number of anilines is 1. The van der Waals surface area contributed by atoms with Crippen LogP contribution in [0.3, 0.4) is 0 Å². The minimum atomic E-state index is -0.0469. The van der Waals surface area contributed by atoms with Crippen LogP contribution in [-0.4, -0.2) is 49.6 Å². The van der Waals surface area contributed by atoms with Crippen molar-refractivity contribution >= 4 is 11.7 Å². The predicted molar refractivity (Wildman–Crippen MR) is 67.2 cm³/mol. The molecule has 1 aromatic rings. The summed E-state index contributed by atoms with van der Waals surface area (Å²) >= 11 is 0. The summed E-state index contributed by atoms with van der Waals surface area (Å²) in [6, 6.07) is 3.55. The van der Waals surface area contributed by atoms with E-state index in [1.165, 1.54) is 4.90 Å². The van der Waals surface area contributed by atoms with Gasteiger partial charge in [0.2, 0.25) is 0 Å². The van der Waals surface area contributed by atoms with E-state index in [0.717, 1.165) is 5.82 Å². The highest BCUT2D eigenvalue weighted by Crippen LogP contribution is 2.07. The molecule has 0 aromatic carbocycles. The smallest absolute Gasteiger partial charge is 0.254 e. The lowest BCUT2D eigenvalue weighted by Crippen LogP contribution is -2.22. The summed E-state index contributed by atoms with van der Waals surface area (Å²) in [6.07, 6.45) is 1.70. The first-order chi connectivity index (χ1) is 8.04. The van der Waals surface area contributed by atoms with Gasteiger partial charge in [0.05, 0.1) is 11.7 Å². The van der Waals surface area contributed by atoms with Gasteiger partial charge in [-0.05, 0) is 19.1 Å². The van der Waals surface area contributed by atoms with E-state index in [1.54, 1.807) is 39.5 Å². The Balaban J connectivity index is 2.59. The fourth-order valence-corrected chi connectivity index (χ4v) is 1.21. The van der Waals surface area contributed by atoms with Crippen molar-refractivity contribution in [2.75, 3.05) is 33.1 Å². The van der Waals surface area contributed by atoms with Crippen molar-refractivity contribution in [3.05, 3.63) is 23.9 Å². The first kappa shape index (κ1) is 13.4. The third kappa shape index (κ3) is 4.03. The van der Waals surface area contributed by atoms with Crippen LogP contribution in [0, 0.1) is 0 Å². The number of pyridine rings is 1. The van der Waals surface area contributed by atoms with Gasteiger partial charge in [0.25, 0.3) is 5.91 Å². The molecule has 5 heteroatoms. The Morgan fingerprint density at radius 2 is 2.24 bits per heavy atom. The Morgan fingerprint density at radius 1 is 1.53 bits per heavy atom. The van der Waals surface area contributed by atoms with Gasteiger partial charge in [-0.1, -0.05) is 0 Å². The summed E-state index contributed by atoms with van der Waals surface area (Å²) in [5.41, 5.74) is 0.584. The van der Waals surface area contributed by atoms with Crippen LogP contribution in [0.25, 0.3) is 0 Å². The number of carbonyl (C=O) groups excluding carboxylic acids is 1. The van der Waals surface area contributed by atoms with Crippen molar-refractivity contribution in [1.82, 2.24) is 9.88 Å². The number of amides is 1. The lowest BCUT2D eigenvalue weighted by atomic mass is 10.2. The third-order valence-electron chi connectivity index (χ3n) is 2.39. The molecule has 0 aliphatic rings. The average Bonchev–Trinajstić information content (AvgIpc) is 2.35. The molecule has 0 bridgehead atoms. The third-order valence-corrected chi connectivity index (χ3v) is 2.39. The van der Waals surface area contributed by atoms with Crippen LogP contribution < -0.4 is 5.32 Å². The van der Waals surface area contributed by atoms with E-state index in [4.69, 9.17) is 4.74 Å². The molecule has 1 unspecified atom stereocenters. The number of carbonyl (C=O) groups is 1. The molecule has 1 atom stereocenters. The van der Waals surface area contributed by atoms with Gasteiger partial charge in [-0.2, -0.15) is 0 Å². The van der Waals surface area contributed by atoms with Crippen LogP contribution in [-0.2, 0) is 4.74 Å². The molecule has 0 spiro atoms. The second kappa shape index (κ2) is 6.20. The van der Waals surface area contributed by atoms with Crippen molar-refractivity contribution in [2.45, 2.75) is 13.0 Å². The Morgan fingerprint density at radius 3 is 2.71 bits per heavy atom. The number of nitrogens with zero attached hydrogens (tertiary/aromatic N) is 2. The lowest BCUT2D eigenvalue weighted by molar-refractivity contribution is 0.0827. The molecule has 5 nitrogen and oxygen atoms in total. The van der Waals surface area contributed by atoms with E-state index in [-0.39, 0.29) is 12.0 Å². The maximum absolute atomic E-state index is 11.6. The summed E-state index contributed by atoms with van der Waals surface area (Å²) in [7, 11) is 5.10. The normalized spacial score (nSPS) is 12.0. The van der Waals surface area contributed by atoms with E-state index < -0.39 is 0 Å². The molecule has 94 valence electrons. The number of hydrogen-bond acceptors (Lipinski definition) is 4. The summed E-state index contributed by atoms with van der Waals surface area (Å²) in [5, 5.41) is 3.13. The van der Waals surface area contributed by atoms with Crippen molar-refractivity contribution in [3.63, 3.8) is 0 Å². The number of ether oxygens (including phenoxy) is 1. The molecule has 0 fully saturated rings. The maximum atomic E-state index is 11.6. The lowest BCUT2D eigenvalue weighted by Gasteiger charge is -2.12. The zero-order chi connectivity index (χ0) is 12.8. The fraction of sp³-hybridized carbons (Fsp3) is 0.500. The predicted octanol–water partition coefficient (Wildman–Crippen LogP) is 1.23. The highest BCUT2D eigenvalue weighted by atomic mass is 16.5. The molecule has 17 heavy (non-hydrogen) atoms. The van der Waals surface area contributed by atoms with Gasteiger partial charge < -0.3 is 15.0 Å². The Labute approximate surface area is 102 Å². The molecule has 1 rings (SSSR count). The summed E-state index contributed by atoms with van der Waals surface area (Å²) in [6.45, 7) is 2.65. The molecular weight excluding hydrogens is 218 g/mol. The molecule has 0 aliphatic carbocycles. The second-order valence-corrected chi connectivity index (χ2v) is 4.06. The zero-order valence-corrected chi connectivity index (χ0v) is 10.7. The van der Waals surface area contributed by atoms with E-state index in [0.29, 0.717) is 12.1 Å². The standard InChI is InChI=1S/C12H19N3O2/c1-9(17-4)7-13-11-6-5-10(8-14-11)12(16)15(2)3/h5-6,8-9H,7H2,1-4H3,(H,13,14). The van der Waals surface area contributed by atoms with Gasteiger partial charge in [-0.25, -0.2) is 4.98 Å². The minimum Gasteiger partial charge on any atom is -0.380 e. The number of nitrogens with one attached hydrogen (secondary N) is 1. The monoisotopic (exact) mass is 237 g/mol. The van der Waals surface area contributed by atoms with Crippen molar-refractivity contribution in [2.24, 2.45) is 0 Å². The highest BCUT2D eigenvalue weighted by Gasteiger charge is 2.08.